The first-order valence-corrected chi connectivity index (χ1v) is 12.4. The average molecular weight is 519 g/mol. The zero-order valence-electron chi connectivity index (χ0n) is 20.0. The van der Waals surface area contributed by atoms with Gasteiger partial charge in [0, 0.05) is 62.8 Å². The van der Waals surface area contributed by atoms with E-state index in [2.05, 4.69) is 15.2 Å². The molecule has 0 amide bonds. The number of nitro groups is 1. The summed E-state index contributed by atoms with van der Waals surface area (Å²) >= 11 is 0. The lowest BCUT2D eigenvalue weighted by Crippen LogP contribution is -2.27. The molecule has 4 aromatic rings. The second kappa shape index (κ2) is 10.4. The van der Waals surface area contributed by atoms with E-state index in [1.807, 2.05) is 18.2 Å². The fraction of sp³-hybridized carbons (Fsp3) is 0.167. The van der Waals surface area contributed by atoms with Crippen LogP contribution >= 0.6 is 0 Å². The molecule has 0 spiro atoms. The number of nitro benzene ring substituents is 1. The summed E-state index contributed by atoms with van der Waals surface area (Å²) in [5, 5.41) is 28.8. The molecule has 188 valence electrons. The maximum Gasteiger partial charge on any atom is 0.281 e. The van der Waals surface area contributed by atoms with Gasteiger partial charge >= 0.3 is 0 Å². The number of nitrogens with zero attached hydrogens (tertiary/aromatic N) is 8. The minimum Gasteiger partial charge on any atom is -0.373 e. The van der Waals surface area contributed by atoms with Crippen LogP contribution in [0.25, 0.3) is 5.52 Å². The Morgan fingerprint density at radius 2 is 2.03 bits per heavy atom. The number of hydrazone groups is 1. The summed E-state index contributed by atoms with van der Waals surface area (Å²) in [6, 6.07) is 14.5. The highest BCUT2D eigenvalue weighted by Gasteiger charge is 2.27. The normalized spacial score (nSPS) is 11.5. The summed E-state index contributed by atoms with van der Waals surface area (Å²) in [6.45, 7) is 0.425. The minimum atomic E-state index is -4.28. The van der Waals surface area contributed by atoms with Gasteiger partial charge in [-0.1, -0.05) is 6.07 Å². The van der Waals surface area contributed by atoms with E-state index in [-0.39, 0.29) is 10.6 Å². The summed E-state index contributed by atoms with van der Waals surface area (Å²) in [5.74, 6) is 0. The molecule has 0 aliphatic carbocycles. The van der Waals surface area contributed by atoms with E-state index in [1.54, 1.807) is 42.5 Å². The van der Waals surface area contributed by atoms with E-state index < -0.39 is 14.9 Å². The van der Waals surface area contributed by atoms with Gasteiger partial charge in [-0.25, -0.2) is 4.52 Å². The highest BCUT2D eigenvalue weighted by atomic mass is 32.2. The SMILES string of the molecule is CN(CCc1ccccn1)c1ccc([N+](=O)[O-])cc1S(=O)(=O)N(C)/N=C/c1cnn2ccc(C#N)cc12. The fourth-order valence-corrected chi connectivity index (χ4v) is 4.82. The molecular weight excluding hydrogens is 496 g/mol. The number of aromatic nitrogens is 3. The second-order valence-corrected chi connectivity index (χ2v) is 9.96. The van der Waals surface area contributed by atoms with Crippen molar-refractivity contribution in [2.24, 2.45) is 5.10 Å². The largest absolute Gasteiger partial charge is 0.373 e. The standard InChI is InChI=1S/C24H22N8O4S/c1-29(11-9-20-5-3-4-10-26-20)22-7-6-21(32(33)34)14-24(22)37(35,36)30(2)27-16-19-17-28-31-12-8-18(15-25)13-23(19)31/h3-8,10,12-14,16-17H,9,11H2,1-2H3/b27-16+. The third-order valence-corrected chi connectivity index (χ3v) is 7.33. The van der Waals surface area contributed by atoms with Crippen molar-refractivity contribution in [2.75, 3.05) is 25.5 Å². The average Bonchev–Trinajstić information content (AvgIpc) is 3.32. The Labute approximate surface area is 212 Å². The second-order valence-electron chi connectivity index (χ2n) is 8.04. The number of benzene rings is 1. The molecule has 1 aromatic carbocycles. The van der Waals surface area contributed by atoms with Crippen molar-refractivity contribution < 1.29 is 13.3 Å². The molecule has 0 radical (unpaired) electrons. The van der Waals surface area contributed by atoms with E-state index in [1.165, 1.54) is 36.1 Å². The van der Waals surface area contributed by atoms with Gasteiger partial charge in [0.15, 0.2) is 0 Å². The number of likely N-dealkylation sites (N-methyl/N-ethyl adjacent to an activating group) is 1. The van der Waals surface area contributed by atoms with Gasteiger partial charge in [0.2, 0.25) is 0 Å². The predicted molar refractivity (Wildman–Crippen MR) is 137 cm³/mol. The Morgan fingerprint density at radius 3 is 2.73 bits per heavy atom. The lowest BCUT2D eigenvalue weighted by Gasteiger charge is -2.23. The lowest BCUT2D eigenvalue weighted by molar-refractivity contribution is -0.385. The molecule has 12 nitrogen and oxygen atoms in total. The van der Waals surface area contributed by atoms with Crippen molar-refractivity contribution >= 4 is 33.1 Å². The van der Waals surface area contributed by atoms with Crippen LogP contribution in [0.5, 0.6) is 0 Å². The first kappa shape index (κ1) is 25.3. The molecule has 3 aromatic heterocycles. The molecule has 3 heterocycles. The van der Waals surface area contributed by atoms with Gasteiger partial charge < -0.3 is 4.90 Å². The first-order valence-electron chi connectivity index (χ1n) is 11.0. The fourth-order valence-electron chi connectivity index (χ4n) is 3.60. The van der Waals surface area contributed by atoms with Crippen molar-refractivity contribution in [2.45, 2.75) is 11.3 Å². The third-order valence-electron chi connectivity index (χ3n) is 5.66. The number of pyridine rings is 2. The Hall–Kier alpha value is -4.83. The minimum absolute atomic E-state index is 0.253. The Balaban J connectivity index is 1.65. The molecule has 0 unspecified atom stereocenters. The molecule has 0 aliphatic heterocycles. The number of sulfonamides is 1. The molecule has 0 saturated heterocycles. The molecule has 0 atom stereocenters. The van der Waals surface area contributed by atoms with Crippen LogP contribution in [0.4, 0.5) is 11.4 Å². The summed E-state index contributed by atoms with van der Waals surface area (Å²) in [5.41, 5.74) is 2.24. The van der Waals surface area contributed by atoms with Gasteiger partial charge in [-0.2, -0.15) is 28.3 Å². The van der Waals surface area contributed by atoms with Crippen LogP contribution in [0.3, 0.4) is 0 Å². The molecule has 0 bridgehead atoms. The molecule has 0 N–H and O–H groups in total. The first-order chi connectivity index (χ1) is 17.7. The van der Waals surface area contributed by atoms with Crippen LogP contribution in [-0.4, -0.2) is 59.2 Å². The summed E-state index contributed by atoms with van der Waals surface area (Å²) in [6.07, 6.45) is 6.63. The van der Waals surface area contributed by atoms with Crippen LogP contribution in [0.15, 0.2) is 77.1 Å². The molecule has 37 heavy (non-hydrogen) atoms. The van der Waals surface area contributed by atoms with Gasteiger partial charge in [0.05, 0.1) is 40.2 Å². The molecule has 13 heteroatoms. The van der Waals surface area contributed by atoms with E-state index in [9.17, 15) is 18.5 Å². The summed E-state index contributed by atoms with van der Waals surface area (Å²) < 4.78 is 29.3. The maximum absolute atomic E-state index is 13.5. The van der Waals surface area contributed by atoms with Crippen molar-refractivity contribution in [3.8, 4) is 6.07 Å². The molecule has 0 fully saturated rings. The topological polar surface area (TPSA) is 150 Å². The van der Waals surface area contributed by atoms with Crippen LogP contribution in [0.2, 0.25) is 0 Å². The number of nitriles is 1. The van der Waals surface area contributed by atoms with Crippen molar-refractivity contribution in [1.82, 2.24) is 19.0 Å². The number of anilines is 1. The lowest BCUT2D eigenvalue weighted by atomic mass is 10.2. The van der Waals surface area contributed by atoms with Crippen molar-refractivity contribution in [3.05, 3.63) is 94.1 Å². The van der Waals surface area contributed by atoms with Gasteiger partial charge in [-0.15, -0.1) is 0 Å². The van der Waals surface area contributed by atoms with Gasteiger partial charge in [-0.3, -0.25) is 15.1 Å². The van der Waals surface area contributed by atoms with Crippen LogP contribution < -0.4 is 4.90 Å². The number of fused-ring (bicyclic) bond motifs is 1. The van der Waals surface area contributed by atoms with E-state index in [0.717, 1.165) is 16.2 Å². The van der Waals surface area contributed by atoms with E-state index in [4.69, 9.17) is 5.26 Å². The Morgan fingerprint density at radius 1 is 1.22 bits per heavy atom. The van der Waals surface area contributed by atoms with Gasteiger partial charge in [-0.05, 0) is 30.3 Å². The van der Waals surface area contributed by atoms with Crippen LogP contribution in [0.1, 0.15) is 16.8 Å². The highest BCUT2D eigenvalue weighted by molar-refractivity contribution is 7.89. The van der Waals surface area contributed by atoms with Crippen LogP contribution in [0, 0.1) is 21.4 Å². The molecular formula is C24H22N8O4S. The van der Waals surface area contributed by atoms with E-state index >= 15 is 0 Å². The molecule has 0 saturated carbocycles. The number of hydrogen-bond acceptors (Lipinski definition) is 9. The highest BCUT2D eigenvalue weighted by Crippen LogP contribution is 2.31. The maximum atomic E-state index is 13.5. The number of rotatable bonds is 9. The van der Waals surface area contributed by atoms with Crippen molar-refractivity contribution in [1.29, 1.82) is 5.26 Å². The smallest absolute Gasteiger partial charge is 0.281 e. The zero-order chi connectivity index (χ0) is 26.6. The number of non-ortho nitro benzene ring substituents is 1. The van der Waals surface area contributed by atoms with Crippen molar-refractivity contribution in [3.63, 3.8) is 0 Å². The Kier molecular flexibility index (Phi) is 7.12. The molecule has 0 aliphatic rings. The summed E-state index contributed by atoms with van der Waals surface area (Å²) in [4.78, 5) is 16.5. The summed E-state index contributed by atoms with van der Waals surface area (Å²) in [7, 11) is -1.33. The van der Waals surface area contributed by atoms with Gasteiger partial charge in [0.25, 0.3) is 15.7 Å². The van der Waals surface area contributed by atoms with Crippen LogP contribution in [-0.2, 0) is 16.4 Å². The van der Waals surface area contributed by atoms with Gasteiger partial charge in [0.1, 0.15) is 4.90 Å². The van der Waals surface area contributed by atoms with E-state index in [0.29, 0.717) is 35.3 Å². The zero-order valence-corrected chi connectivity index (χ0v) is 20.8. The quantitative estimate of drug-likeness (QED) is 0.186. The monoisotopic (exact) mass is 518 g/mol. The molecule has 4 rings (SSSR count). The Bertz CT molecular complexity index is 1630. The predicted octanol–water partition coefficient (Wildman–Crippen LogP) is 2.84. The number of hydrogen-bond donors (Lipinski definition) is 0. The third kappa shape index (κ3) is 5.39.